The number of rotatable bonds is 8. The van der Waals surface area contributed by atoms with Crippen LogP contribution in [-0.2, 0) is 11.3 Å². The summed E-state index contributed by atoms with van der Waals surface area (Å²) in [6.07, 6.45) is -0.0204. The molecule has 0 aliphatic heterocycles. The highest BCUT2D eigenvalue weighted by Gasteiger charge is 2.19. The Balaban J connectivity index is 1.91. The first-order valence-electron chi connectivity index (χ1n) is 8.04. The van der Waals surface area contributed by atoms with E-state index in [-0.39, 0.29) is 5.91 Å². The zero-order valence-electron chi connectivity index (χ0n) is 13.9. The molecular formula is C19H22ClNO3. The molecule has 4 nitrogen and oxygen atoms in total. The lowest BCUT2D eigenvalue weighted by Gasteiger charge is -2.18. The third-order valence-corrected chi connectivity index (χ3v) is 3.78. The third-order valence-electron chi connectivity index (χ3n) is 3.47. The van der Waals surface area contributed by atoms with Gasteiger partial charge in [-0.05, 0) is 43.2 Å². The van der Waals surface area contributed by atoms with Crippen molar-refractivity contribution >= 4 is 17.5 Å². The minimum Gasteiger partial charge on any atom is -0.494 e. The second kappa shape index (κ2) is 9.18. The van der Waals surface area contributed by atoms with Crippen LogP contribution in [-0.4, -0.2) is 18.6 Å². The van der Waals surface area contributed by atoms with Gasteiger partial charge in [-0.15, -0.1) is 0 Å². The molecule has 0 fully saturated rings. The van der Waals surface area contributed by atoms with Crippen LogP contribution in [0.3, 0.4) is 0 Å². The van der Waals surface area contributed by atoms with Gasteiger partial charge in [0, 0.05) is 6.54 Å². The van der Waals surface area contributed by atoms with Crippen LogP contribution in [0.5, 0.6) is 11.5 Å². The van der Waals surface area contributed by atoms with Crippen LogP contribution in [0.4, 0.5) is 0 Å². The number of halogens is 1. The molecule has 1 amide bonds. The van der Waals surface area contributed by atoms with Crippen molar-refractivity contribution in [3.05, 3.63) is 59.1 Å². The van der Waals surface area contributed by atoms with Crippen LogP contribution in [0.1, 0.15) is 25.8 Å². The van der Waals surface area contributed by atoms with Gasteiger partial charge < -0.3 is 14.8 Å². The number of ether oxygens (including phenoxy) is 2. The molecule has 5 heteroatoms. The van der Waals surface area contributed by atoms with Gasteiger partial charge in [0.2, 0.25) is 0 Å². The average Bonchev–Trinajstić information content (AvgIpc) is 2.60. The summed E-state index contributed by atoms with van der Waals surface area (Å²) in [6, 6.07) is 14.8. The second-order valence-corrected chi connectivity index (χ2v) is 5.65. The summed E-state index contributed by atoms with van der Waals surface area (Å²) in [7, 11) is 0. The Hall–Kier alpha value is -2.20. The smallest absolute Gasteiger partial charge is 0.261 e. The SMILES string of the molecule is CCOc1ccc(CNC(=O)C(CC)Oc2ccccc2Cl)cc1. The number of hydrogen-bond donors (Lipinski definition) is 1. The molecule has 0 heterocycles. The average molecular weight is 348 g/mol. The molecule has 0 aliphatic carbocycles. The molecule has 24 heavy (non-hydrogen) atoms. The number of hydrogen-bond acceptors (Lipinski definition) is 3. The lowest BCUT2D eigenvalue weighted by molar-refractivity contribution is -0.128. The number of benzene rings is 2. The maximum absolute atomic E-state index is 12.3. The van der Waals surface area contributed by atoms with E-state index in [4.69, 9.17) is 21.1 Å². The number of carbonyl (C=O) groups is 1. The van der Waals surface area contributed by atoms with E-state index >= 15 is 0 Å². The van der Waals surface area contributed by atoms with Gasteiger partial charge in [0.1, 0.15) is 11.5 Å². The van der Waals surface area contributed by atoms with E-state index in [2.05, 4.69) is 5.32 Å². The lowest BCUT2D eigenvalue weighted by Crippen LogP contribution is -2.37. The minimum absolute atomic E-state index is 0.161. The first kappa shape index (κ1) is 18.1. The largest absolute Gasteiger partial charge is 0.494 e. The number of amides is 1. The summed E-state index contributed by atoms with van der Waals surface area (Å²) in [5.74, 6) is 1.18. The maximum Gasteiger partial charge on any atom is 0.261 e. The maximum atomic E-state index is 12.3. The molecule has 0 saturated heterocycles. The first-order chi connectivity index (χ1) is 11.6. The zero-order valence-corrected chi connectivity index (χ0v) is 14.7. The van der Waals surface area contributed by atoms with Gasteiger partial charge in [-0.2, -0.15) is 0 Å². The number of carbonyl (C=O) groups excluding carboxylic acids is 1. The Morgan fingerprint density at radius 3 is 2.46 bits per heavy atom. The number of nitrogens with one attached hydrogen (secondary N) is 1. The monoisotopic (exact) mass is 347 g/mol. The van der Waals surface area contributed by atoms with Crippen molar-refractivity contribution in [2.75, 3.05) is 6.61 Å². The topological polar surface area (TPSA) is 47.6 Å². The molecular weight excluding hydrogens is 326 g/mol. The molecule has 0 aromatic heterocycles. The van der Waals surface area contributed by atoms with E-state index in [1.165, 1.54) is 0 Å². The van der Waals surface area contributed by atoms with E-state index in [0.717, 1.165) is 11.3 Å². The summed E-state index contributed by atoms with van der Waals surface area (Å²) in [6.45, 7) is 4.91. The number of para-hydroxylation sites is 1. The lowest BCUT2D eigenvalue weighted by atomic mass is 10.2. The molecule has 0 spiro atoms. The van der Waals surface area contributed by atoms with Crippen LogP contribution < -0.4 is 14.8 Å². The van der Waals surface area contributed by atoms with E-state index in [1.54, 1.807) is 12.1 Å². The fraction of sp³-hybridized carbons (Fsp3) is 0.316. The fourth-order valence-electron chi connectivity index (χ4n) is 2.19. The Morgan fingerprint density at radius 2 is 1.83 bits per heavy atom. The predicted octanol–water partition coefficient (Wildman–Crippen LogP) is 4.21. The molecule has 0 bridgehead atoms. The molecule has 128 valence electrons. The Kier molecular flexibility index (Phi) is 6.94. The van der Waals surface area contributed by atoms with Crippen molar-refractivity contribution in [1.82, 2.24) is 5.32 Å². The standard InChI is InChI=1S/C19H22ClNO3/c1-3-17(24-18-8-6-5-7-16(18)20)19(22)21-13-14-9-11-15(12-10-14)23-4-2/h5-12,17H,3-4,13H2,1-2H3,(H,21,22). The Morgan fingerprint density at radius 1 is 1.12 bits per heavy atom. The summed E-state index contributed by atoms with van der Waals surface area (Å²) in [5.41, 5.74) is 0.999. The van der Waals surface area contributed by atoms with E-state index in [1.807, 2.05) is 50.2 Å². The minimum atomic E-state index is -0.576. The zero-order chi connectivity index (χ0) is 17.4. The van der Waals surface area contributed by atoms with E-state index < -0.39 is 6.10 Å². The van der Waals surface area contributed by atoms with Crippen molar-refractivity contribution in [2.45, 2.75) is 32.9 Å². The first-order valence-corrected chi connectivity index (χ1v) is 8.42. The van der Waals surface area contributed by atoms with Crippen molar-refractivity contribution in [2.24, 2.45) is 0 Å². The quantitative estimate of drug-likeness (QED) is 0.778. The van der Waals surface area contributed by atoms with Crippen molar-refractivity contribution < 1.29 is 14.3 Å². The Labute approximate surface area is 147 Å². The molecule has 0 saturated carbocycles. The molecule has 1 atom stereocenters. The van der Waals surface area contributed by atoms with Gasteiger partial charge in [0.15, 0.2) is 6.10 Å². The van der Waals surface area contributed by atoms with Crippen LogP contribution in [0.2, 0.25) is 5.02 Å². The van der Waals surface area contributed by atoms with Crippen LogP contribution >= 0.6 is 11.6 Å². The van der Waals surface area contributed by atoms with Gasteiger partial charge >= 0.3 is 0 Å². The van der Waals surface area contributed by atoms with Crippen LogP contribution in [0.15, 0.2) is 48.5 Å². The molecule has 1 N–H and O–H groups in total. The normalized spacial score (nSPS) is 11.6. The fourth-order valence-corrected chi connectivity index (χ4v) is 2.37. The molecule has 0 aliphatic rings. The van der Waals surface area contributed by atoms with Crippen molar-refractivity contribution in [3.8, 4) is 11.5 Å². The van der Waals surface area contributed by atoms with Gasteiger partial charge in [0.25, 0.3) is 5.91 Å². The predicted molar refractivity (Wildman–Crippen MR) is 95.6 cm³/mol. The van der Waals surface area contributed by atoms with Gasteiger partial charge in [-0.1, -0.05) is 42.8 Å². The van der Waals surface area contributed by atoms with Crippen molar-refractivity contribution in [3.63, 3.8) is 0 Å². The molecule has 2 aromatic carbocycles. The molecule has 0 radical (unpaired) electrons. The van der Waals surface area contributed by atoms with Gasteiger partial charge in [-0.3, -0.25) is 4.79 Å². The van der Waals surface area contributed by atoms with Crippen LogP contribution in [0.25, 0.3) is 0 Å². The summed E-state index contributed by atoms with van der Waals surface area (Å²) in [5, 5.41) is 3.39. The van der Waals surface area contributed by atoms with Gasteiger partial charge in [-0.25, -0.2) is 0 Å². The summed E-state index contributed by atoms with van der Waals surface area (Å²) in [4.78, 5) is 12.3. The van der Waals surface area contributed by atoms with E-state index in [0.29, 0.717) is 30.3 Å². The molecule has 2 aromatic rings. The second-order valence-electron chi connectivity index (χ2n) is 5.24. The van der Waals surface area contributed by atoms with Crippen molar-refractivity contribution in [1.29, 1.82) is 0 Å². The van der Waals surface area contributed by atoms with E-state index in [9.17, 15) is 4.79 Å². The summed E-state index contributed by atoms with van der Waals surface area (Å²) < 4.78 is 11.1. The highest BCUT2D eigenvalue weighted by Crippen LogP contribution is 2.24. The third kappa shape index (κ3) is 5.17. The summed E-state index contributed by atoms with van der Waals surface area (Å²) >= 11 is 6.07. The van der Waals surface area contributed by atoms with Gasteiger partial charge in [0.05, 0.1) is 11.6 Å². The molecule has 2 rings (SSSR count). The highest BCUT2D eigenvalue weighted by atomic mass is 35.5. The van der Waals surface area contributed by atoms with Crippen LogP contribution in [0, 0.1) is 0 Å². The molecule has 1 unspecified atom stereocenters. The highest BCUT2D eigenvalue weighted by molar-refractivity contribution is 6.32. The Bertz CT molecular complexity index is 658.